The van der Waals surface area contributed by atoms with Crippen LogP contribution in [-0.2, 0) is 14.8 Å². The number of hydrogen-bond donors (Lipinski definition) is 1. The lowest BCUT2D eigenvalue weighted by molar-refractivity contribution is -0.117. The average molecular weight is 482 g/mol. The minimum absolute atomic E-state index is 0.0544. The SMILES string of the molecule is Cc1ccc2c(c1)[C@@H](c1ccc(F)cc1)N(C(=O)c1ccc(S(=O)(=O)N(C)C)cc1)CC(=O)N2. The van der Waals surface area contributed by atoms with Crippen LogP contribution >= 0.6 is 0 Å². The van der Waals surface area contributed by atoms with Crippen LogP contribution in [0.4, 0.5) is 10.1 Å². The maximum absolute atomic E-state index is 13.7. The fourth-order valence-corrected chi connectivity index (χ4v) is 4.87. The molecule has 0 radical (unpaired) electrons. The third-order valence-electron chi connectivity index (χ3n) is 5.73. The summed E-state index contributed by atoms with van der Waals surface area (Å²) in [5, 5.41) is 2.85. The number of sulfonamides is 1. The summed E-state index contributed by atoms with van der Waals surface area (Å²) < 4.78 is 39.5. The molecule has 0 spiro atoms. The summed E-state index contributed by atoms with van der Waals surface area (Å²) in [5.74, 6) is -1.23. The molecule has 0 fully saturated rings. The minimum Gasteiger partial charge on any atom is -0.324 e. The van der Waals surface area contributed by atoms with Crippen molar-refractivity contribution in [3.05, 3.63) is 94.8 Å². The van der Waals surface area contributed by atoms with E-state index in [1.807, 2.05) is 19.1 Å². The predicted octanol–water partition coefficient (Wildman–Crippen LogP) is 3.57. The molecule has 1 atom stereocenters. The first-order valence-electron chi connectivity index (χ1n) is 10.6. The Bertz CT molecular complexity index is 1350. The number of nitrogens with one attached hydrogen (secondary N) is 1. The molecule has 0 bridgehead atoms. The van der Waals surface area contributed by atoms with Crippen LogP contribution in [0.2, 0.25) is 0 Å². The van der Waals surface area contributed by atoms with Gasteiger partial charge in [0.1, 0.15) is 12.4 Å². The number of nitrogens with zero attached hydrogens (tertiary/aromatic N) is 2. The highest BCUT2D eigenvalue weighted by Gasteiger charge is 2.34. The molecule has 0 aliphatic carbocycles. The van der Waals surface area contributed by atoms with Gasteiger partial charge in [-0.2, -0.15) is 0 Å². The van der Waals surface area contributed by atoms with E-state index in [1.165, 1.54) is 55.4 Å². The summed E-state index contributed by atoms with van der Waals surface area (Å²) in [6.07, 6.45) is 0. The van der Waals surface area contributed by atoms with Gasteiger partial charge in [-0.25, -0.2) is 17.1 Å². The molecule has 1 aliphatic rings. The lowest BCUT2D eigenvalue weighted by Crippen LogP contribution is -2.39. The number of halogens is 1. The normalized spacial score (nSPS) is 16.1. The Morgan fingerprint density at radius 3 is 2.29 bits per heavy atom. The van der Waals surface area contributed by atoms with Crippen molar-refractivity contribution in [2.45, 2.75) is 17.9 Å². The van der Waals surface area contributed by atoms with Gasteiger partial charge in [0.2, 0.25) is 15.9 Å². The van der Waals surface area contributed by atoms with Gasteiger partial charge in [-0.1, -0.05) is 29.8 Å². The van der Waals surface area contributed by atoms with Crippen molar-refractivity contribution in [1.29, 1.82) is 0 Å². The third-order valence-corrected chi connectivity index (χ3v) is 7.56. The fraction of sp³-hybridized carbons (Fsp3) is 0.200. The van der Waals surface area contributed by atoms with Gasteiger partial charge >= 0.3 is 0 Å². The lowest BCUT2D eigenvalue weighted by atomic mass is 9.94. The maximum Gasteiger partial charge on any atom is 0.255 e. The molecule has 0 aromatic heterocycles. The van der Waals surface area contributed by atoms with Crippen LogP contribution in [0, 0.1) is 12.7 Å². The first kappa shape index (κ1) is 23.6. The quantitative estimate of drug-likeness (QED) is 0.617. The van der Waals surface area contributed by atoms with Crippen LogP contribution in [0.15, 0.2) is 71.6 Å². The van der Waals surface area contributed by atoms with Gasteiger partial charge in [-0.3, -0.25) is 9.59 Å². The van der Waals surface area contributed by atoms with Crippen molar-refractivity contribution in [3.8, 4) is 0 Å². The van der Waals surface area contributed by atoms with Gasteiger partial charge < -0.3 is 10.2 Å². The van der Waals surface area contributed by atoms with E-state index in [0.29, 0.717) is 16.8 Å². The molecule has 7 nitrogen and oxygen atoms in total. The molecule has 1 heterocycles. The molecule has 1 N–H and O–H groups in total. The van der Waals surface area contributed by atoms with Crippen LogP contribution in [-0.4, -0.2) is 50.1 Å². The van der Waals surface area contributed by atoms with E-state index in [2.05, 4.69) is 5.32 Å². The monoisotopic (exact) mass is 481 g/mol. The number of hydrogen-bond acceptors (Lipinski definition) is 4. The third kappa shape index (κ3) is 4.44. The molecule has 1 aliphatic heterocycles. The summed E-state index contributed by atoms with van der Waals surface area (Å²) >= 11 is 0. The molecular weight excluding hydrogens is 457 g/mol. The molecule has 176 valence electrons. The van der Waals surface area contributed by atoms with Crippen LogP contribution in [0.5, 0.6) is 0 Å². The second-order valence-corrected chi connectivity index (χ2v) is 10.5. The number of benzene rings is 3. The zero-order chi connectivity index (χ0) is 24.6. The molecule has 4 rings (SSSR count). The number of fused-ring (bicyclic) bond motifs is 1. The van der Waals surface area contributed by atoms with E-state index >= 15 is 0 Å². The Hall–Kier alpha value is -3.56. The molecule has 0 saturated heterocycles. The molecule has 34 heavy (non-hydrogen) atoms. The fourth-order valence-electron chi connectivity index (χ4n) is 3.97. The Kier molecular flexibility index (Phi) is 6.24. The zero-order valence-corrected chi connectivity index (χ0v) is 19.8. The molecule has 2 amide bonds. The number of anilines is 1. The Morgan fingerprint density at radius 1 is 1.03 bits per heavy atom. The van der Waals surface area contributed by atoms with Crippen molar-refractivity contribution >= 4 is 27.5 Å². The zero-order valence-electron chi connectivity index (χ0n) is 18.9. The minimum atomic E-state index is -3.65. The summed E-state index contributed by atoms with van der Waals surface area (Å²) in [6.45, 7) is 1.68. The van der Waals surface area contributed by atoms with Crippen molar-refractivity contribution < 1.29 is 22.4 Å². The van der Waals surface area contributed by atoms with E-state index in [0.717, 1.165) is 9.87 Å². The van der Waals surface area contributed by atoms with Gasteiger partial charge in [0.15, 0.2) is 0 Å². The highest BCUT2D eigenvalue weighted by Crippen LogP contribution is 2.37. The highest BCUT2D eigenvalue weighted by molar-refractivity contribution is 7.89. The number of rotatable bonds is 4. The Labute approximate surface area is 197 Å². The largest absolute Gasteiger partial charge is 0.324 e. The number of amides is 2. The Morgan fingerprint density at radius 2 is 1.68 bits per heavy atom. The summed E-state index contributed by atoms with van der Waals surface area (Å²) in [6, 6.07) is 16.3. The second kappa shape index (κ2) is 9.00. The summed E-state index contributed by atoms with van der Waals surface area (Å²) in [4.78, 5) is 27.8. The van der Waals surface area contributed by atoms with Crippen molar-refractivity contribution in [1.82, 2.24) is 9.21 Å². The maximum atomic E-state index is 13.7. The van der Waals surface area contributed by atoms with Gasteiger partial charge in [0, 0.05) is 30.9 Å². The lowest BCUT2D eigenvalue weighted by Gasteiger charge is -2.31. The van der Waals surface area contributed by atoms with Crippen molar-refractivity contribution in [2.75, 3.05) is 26.0 Å². The summed E-state index contributed by atoms with van der Waals surface area (Å²) in [7, 11) is -0.798. The standard InChI is InChI=1S/C25H24FN3O4S/c1-16-4-13-22-21(14-16)24(17-5-9-19(26)10-6-17)29(15-23(30)27-22)25(31)18-7-11-20(12-8-18)34(32,33)28(2)3/h4-14,24H,15H2,1-3H3,(H,27,30)/t24-/m1/s1. The topological polar surface area (TPSA) is 86.8 Å². The Balaban J connectivity index is 1.81. The van der Waals surface area contributed by atoms with E-state index in [-0.39, 0.29) is 22.9 Å². The molecule has 3 aromatic carbocycles. The van der Waals surface area contributed by atoms with E-state index in [9.17, 15) is 22.4 Å². The van der Waals surface area contributed by atoms with E-state index in [1.54, 1.807) is 18.2 Å². The van der Waals surface area contributed by atoms with Crippen LogP contribution in [0.25, 0.3) is 0 Å². The number of carbonyl (C=O) groups excluding carboxylic acids is 2. The van der Waals surface area contributed by atoms with E-state index < -0.39 is 27.8 Å². The van der Waals surface area contributed by atoms with Gasteiger partial charge in [0.25, 0.3) is 5.91 Å². The van der Waals surface area contributed by atoms with Crippen LogP contribution in [0.3, 0.4) is 0 Å². The molecule has 0 unspecified atom stereocenters. The number of carbonyl (C=O) groups is 2. The van der Waals surface area contributed by atoms with Gasteiger partial charge in [-0.15, -0.1) is 0 Å². The first-order chi connectivity index (χ1) is 16.1. The summed E-state index contributed by atoms with van der Waals surface area (Å²) in [5.41, 5.74) is 3.09. The van der Waals surface area contributed by atoms with Gasteiger partial charge in [-0.05, 0) is 55.0 Å². The predicted molar refractivity (Wildman–Crippen MR) is 126 cm³/mol. The highest BCUT2D eigenvalue weighted by atomic mass is 32.2. The molecule has 0 saturated carbocycles. The van der Waals surface area contributed by atoms with Gasteiger partial charge in [0.05, 0.1) is 10.9 Å². The van der Waals surface area contributed by atoms with E-state index in [4.69, 9.17) is 0 Å². The first-order valence-corrected chi connectivity index (χ1v) is 12.0. The van der Waals surface area contributed by atoms with Crippen LogP contribution in [0.1, 0.15) is 33.1 Å². The smallest absolute Gasteiger partial charge is 0.255 e. The molecule has 9 heteroatoms. The molecule has 3 aromatic rings. The van der Waals surface area contributed by atoms with Crippen molar-refractivity contribution in [3.63, 3.8) is 0 Å². The van der Waals surface area contributed by atoms with Crippen LogP contribution < -0.4 is 5.32 Å². The molecular formula is C25H24FN3O4S. The average Bonchev–Trinajstić information content (AvgIpc) is 2.95. The number of aryl methyl sites for hydroxylation is 1. The second-order valence-electron chi connectivity index (χ2n) is 8.34. The van der Waals surface area contributed by atoms with Crippen molar-refractivity contribution in [2.24, 2.45) is 0 Å².